The number of carbonyl (C=O) groups excluding carboxylic acids is 2. The molecule has 1 atom stereocenters. The van der Waals surface area contributed by atoms with Crippen molar-refractivity contribution < 1.29 is 24.2 Å². The standard InChI is InChI=1S/C67H110O5/c1-3-5-7-9-11-13-15-17-19-21-23-24-25-26-27-28-29-30-31-32-33-34-35-36-37-38-39-40-41-42-44-45-47-49-51-53-55-57-59-61-66(69)71-64-65(63-68)72-67(70)62-60-58-56-54-52-50-48-46-43-22-20-18-16-14-12-10-8-6-4-2/h5-8,11-14,17-20,23-24,26-27,43,46,50,52,56,58,65,68H,3-4,9-10,15-16,21-22,25,28-42,44-45,47-49,51,53-55,57,59-64H2,1-2H3/b7-5-,8-6-,13-11-,14-12-,19-17-,20-18-,24-23-,27-26-,46-43-,52-50-,58-56-. The highest BCUT2D eigenvalue weighted by atomic mass is 16.6. The third-order valence-electron chi connectivity index (χ3n) is 12.5. The molecular weight excluding hydrogens is 885 g/mol. The summed E-state index contributed by atoms with van der Waals surface area (Å²) in [5.41, 5.74) is 0. The molecule has 0 aliphatic rings. The van der Waals surface area contributed by atoms with E-state index < -0.39 is 12.1 Å². The summed E-state index contributed by atoms with van der Waals surface area (Å²) in [6.45, 7) is 3.86. The molecule has 72 heavy (non-hydrogen) atoms. The number of carbonyl (C=O) groups is 2. The van der Waals surface area contributed by atoms with E-state index in [0.717, 1.165) is 89.9 Å². The maximum absolute atomic E-state index is 12.2. The minimum absolute atomic E-state index is 0.101. The molecular formula is C67H110O5. The average molecular weight is 996 g/mol. The van der Waals surface area contributed by atoms with Gasteiger partial charge in [0.25, 0.3) is 0 Å². The molecule has 0 saturated carbocycles. The molecule has 5 nitrogen and oxygen atoms in total. The fourth-order valence-electron chi connectivity index (χ4n) is 8.08. The second kappa shape index (κ2) is 61.3. The molecule has 0 aromatic carbocycles. The quantitative estimate of drug-likeness (QED) is 0.0373. The number of rotatable bonds is 53. The summed E-state index contributed by atoms with van der Waals surface area (Å²) >= 11 is 0. The highest BCUT2D eigenvalue weighted by Gasteiger charge is 2.15. The largest absolute Gasteiger partial charge is 0.462 e. The molecule has 0 aromatic rings. The molecule has 0 fully saturated rings. The van der Waals surface area contributed by atoms with Crippen LogP contribution in [-0.2, 0) is 19.1 Å². The van der Waals surface area contributed by atoms with Gasteiger partial charge in [-0.3, -0.25) is 9.59 Å². The van der Waals surface area contributed by atoms with Crippen LogP contribution < -0.4 is 0 Å². The highest BCUT2D eigenvalue weighted by molar-refractivity contribution is 5.70. The molecule has 5 heteroatoms. The van der Waals surface area contributed by atoms with Gasteiger partial charge in [0.05, 0.1) is 6.61 Å². The molecule has 0 aliphatic carbocycles. The first-order valence-corrected chi connectivity index (χ1v) is 29.7. The van der Waals surface area contributed by atoms with E-state index in [1.807, 2.05) is 12.2 Å². The van der Waals surface area contributed by atoms with Crippen LogP contribution in [0.25, 0.3) is 0 Å². The van der Waals surface area contributed by atoms with Crippen molar-refractivity contribution in [1.29, 1.82) is 0 Å². The van der Waals surface area contributed by atoms with Crippen LogP contribution in [0.3, 0.4) is 0 Å². The van der Waals surface area contributed by atoms with E-state index in [2.05, 4.69) is 135 Å². The van der Waals surface area contributed by atoms with Crippen LogP contribution in [-0.4, -0.2) is 36.4 Å². The Kier molecular flexibility index (Phi) is 58.0. The monoisotopic (exact) mass is 995 g/mol. The third-order valence-corrected chi connectivity index (χ3v) is 12.5. The first-order chi connectivity index (χ1) is 35.6. The number of esters is 2. The third kappa shape index (κ3) is 58.6. The fourth-order valence-corrected chi connectivity index (χ4v) is 8.08. The molecule has 1 unspecified atom stereocenters. The molecule has 0 heterocycles. The van der Waals surface area contributed by atoms with E-state index in [4.69, 9.17) is 9.47 Å². The van der Waals surface area contributed by atoms with Crippen molar-refractivity contribution in [1.82, 2.24) is 0 Å². The van der Waals surface area contributed by atoms with Crippen molar-refractivity contribution in [2.24, 2.45) is 0 Å². The summed E-state index contributed by atoms with van der Waals surface area (Å²) in [6, 6.07) is 0. The number of ether oxygens (including phenoxy) is 2. The van der Waals surface area contributed by atoms with E-state index in [0.29, 0.717) is 12.8 Å². The lowest BCUT2D eigenvalue weighted by atomic mass is 10.0. The minimum Gasteiger partial charge on any atom is -0.462 e. The first kappa shape index (κ1) is 68.0. The summed E-state index contributed by atoms with van der Waals surface area (Å²) in [5.74, 6) is -0.688. The molecule has 0 spiro atoms. The van der Waals surface area contributed by atoms with E-state index >= 15 is 0 Å². The van der Waals surface area contributed by atoms with Gasteiger partial charge in [-0.05, 0) is 96.3 Å². The topological polar surface area (TPSA) is 72.8 Å². The molecule has 0 saturated heterocycles. The second-order valence-electron chi connectivity index (χ2n) is 19.3. The highest BCUT2D eigenvalue weighted by Crippen LogP contribution is 2.16. The number of hydrogen-bond donors (Lipinski definition) is 1. The average Bonchev–Trinajstić information content (AvgIpc) is 3.38. The van der Waals surface area contributed by atoms with Crippen molar-refractivity contribution >= 4 is 11.9 Å². The number of hydrogen-bond acceptors (Lipinski definition) is 5. The molecule has 0 radical (unpaired) electrons. The zero-order valence-corrected chi connectivity index (χ0v) is 46.6. The summed E-state index contributed by atoms with van der Waals surface area (Å²) in [4.78, 5) is 24.5. The Labute approximate surface area is 445 Å². The smallest absolute Gasteiger partial charge is 0.306 e. The number of aliphatic hydroxyl groups excluding tert-OH is 1. The van der Waals surface area contributed by atoms with Crippen LogP contribution in [0.4, 0.5) is 0 Å². The SMILES string of the molecule is CC/C=C\C/C=C\C/C=C\C/C=C\C/C=C\C/C=C\CCC(=O)OC(CO)COC(=O)CCCCCCCCCCCCCCCCCCCCCCCCC/C=C\C/C=C\C/C=C\C/C=C\C/C=C\CC. The van der Waals surface area contributed by atoms with Gasteiger partial charge in [-0.15, -0.1) is 0 Å². The van der Waals surface area contributed by atoms with Crippen molar-refractivity contribution in [2.75, 3.05) is 13.2 Å². The lowest BCUT2D eigenvalue weighted by Crippen LogP contribution is -2.28. The van der Waals surface area contributed by atoms with Crippen LogP contribution in [0.1, 0.15) is 258 Å². The van der Waals surface area contributed by atoms with Crippen molar-refractivity contribution in [3.63, 3.8) is 0 Å². The van der Waals surface area contributed by atoms with E-state index in [9.17, 15) is 14.7 Å². The summed E-state index contributed by atoms with van der Waals surface area (Å²) in [5, 5.41) is 9.63. The number of aliphatic hydroxyl groups is 1. The van der Waals surface area contributed by atoms with Gasteiger partial charge < -0.3 is 14.6 Å². The molecule has 1 N–H and O–H groups in total. The lowest BCUT2D eigenvalue weighted by Gasteiger charge is -2.15. The van der Waals surface area contributed by atoms with Gasteiger partial charge >= 0.3 is 11.9 Å². The Hall–Kier alpha value is -3.96. The number of allylic oxidation sites excluding steroid dienone is 22. The van der Waals surface area contributed by atoms with Gasteiger partial charge in [0.1, 0.15) is 6.61 Å². The second-order valence-corrected chi connectivity index (χ2v) is 19.3. The van der Waals surface area contributed by atoms with Gasteiger partial charge in [0.15, 0.2) is 6.10 Å². The Balaban J connectivity index is 3.50. The molecule has 0 aliphatic heterocycles. The Morgan fingerprint density at radius 1 is 0.319 bits per heavy atom. The molecule has 0 rings (SSSR count). The fraction of sp³-hybridized carbons (Fsp3) is 0.642. The van der Waals surface area contributed by atoms with Gasteiger partial charge in [-0.25, -0.2) is 0 Å². The maximum atomic E-state index is 12.2. The molecule has 0 amide bonds. The van der Waals surface area contributed by atoms with Gasteiger partial charge in [0, 0.05) is 12.8 Å². The predicted molar refractivity (Wildman–Crippen MR) is 315 cm³/mol. The van der Waals surface area contributed by atoms with Crippen LogP contribution >= 0.6 is 0 Å². The molecule has 0 aromatic heterocycles. The van der Waals surface area contributed by atoms with Crippen molar-refractivity contribution in [2.45, 2.75) is 264 Å². The van der Waals surface area contributed by atoms with E-state index in [1.54, 1.807) is 0 Å². The van der Waals surface area contributed by atoms with Gasteiger partial charge in [-0.1, -0.05) is 282 Å². The lowest BCUT2D eigenvalue weighted by molar-refractivity contribution is -0.161. The maximum Gasteiger partial charge on any atom is 0.306 e. The number of unbranched alkanes of at least 4 members (excludes halogenated alkanes) is 23. The predicted octanol–water partition coefficient (Wildman–Crippen LogP) is 20.4. The molecule has 0 bridgehead atoms. The van der Waals surface area contributed by atoms with Crippen molar-refractivity contribution in [3.05, 3.63) is 134 Å². The Morgan fingerprint density at radius 3 is 0.889 bits per heavy atom. The van der Waals surface area contributed by atoms with Gasteiger partial charge in [0.2, 0.25) is 0 Å². The zero-order chi connectivity index (χ0) is 52.0. The van der Waals surface area contributed by atoms with Crippen LogP contribution in [0.5, 0.6) is 0 Å². The normalized spacial score (nSPS) is 13.2. The van der Waals surface area contributed by atoms with E-state index in [-0.39, 0.29) is 25.6 Å². The summed E-state index contributed by atoms with van der Waals surface area (Å²) < 4.78 is 10.6. The molecule has 408 valence electrons. The van der Waals surface area contributed by atoms with E-state index in [1.165, 1.54) is 135 Å². The summed E-state index contributed by atoms with van der Waals surface area (Å²) in [6.07, 6.45) is 91.8. The Morgan fingerprint density at radius 2 is 0.583 bits per heavy atom. The van der Waals surface area contributed by atoms with Crippen LogP contribution in [0, 0.1) is 0 Å². The van der Waals surface area contributed by atoms with Crippen LogP contribution in [0.15, 0.2) is 134 Å². The van der Waals surface area contributed by atoms with Crippen molar-refractivity contribution in [3.8, 4) is 0 Å². The van der Waals surface area contributed by atoms with Gasteiger partial charge in [-0.2, -0.15) is 0 Å². The van der Waals surface area contributed by atoms with Crippen LogP contribution in [0.2, 0.25) is 0 Å². The Bertz CT molecular complexity index is 1500. The zero-order valence-electron chi connectivity index (χ0n) is 46.6. The minimum atomic E-state index is -0.819. The first-order valence-electron chi connectivity index (χ1n) is 29.7. The summed E-state index contributed by atoms with van der Waals surface area (Å²) in [7, 11) is 0.